The fourth-order valence-corrected chi connectivity index (χ4v) is 3.49. The van der Waals surface area contributed by atoms with Gasteiger partial charge in [0.25, 0.3) is 5.91 Å². The molecule has 0 fully saturated rings. The summed E-state index contributed by atoms with van der Waals surface area (Å²) in [6.45, 7) is 1.47. The number of hydrogen-bond acceptors (Lipinski definition) is 6. The number of ether oxygens (including phenoxy) is 2. The molecule has 0 bridgehead atoms. The maximum absolute atomic E-state index is 12.4. The van der Waals surface area contributed by atoms with Gasteiger partial charge in [0.2, 0.25) is 6.79 Å². The Hall–Kier alpha value is -3.61. The number of aromatic nitrogens is 2. The van der Waals surface area contributed by atoms with Crippen LogP contribution in [-0.2, 0) is 13.0 Å². The summed E-state index contributed by atoms with van der Waals surface area (Å²) in [5.74, 6) is 1.90. The first kappa shape index (κ1) is 16.6. The summed E-state index contributed by atoms with van der Waals surface area (Å²) in [6.07, 6.45) is 0.982. The first-order valence-electron chi connectivity index (χ1n) is 9.14. The van der Waals surface area contributed by atoms with Crippen LogP contribution in [0.25, 0.3) is 0 Å². The van der Waals surface area contributed by atoms with Crippen LogP contribution in [0.4, 0.5) is 11.5 Å². The molecule has 28 heavy (non-hydrogen) atoms. The van der Waals surface area contributed by atoms with E-state index in [1.807, 2.05) is 36.4 Å². The molecule has 0 spiro atoms. The standard InChI is InChI=1S/C21H18N4O3/c26-21(22-12-14-5-7-18-19(11-14)28-13-27-18)16-6-8-20(24-23-16)25-10-9-15-3-1-2-4-17(15)25/h1-8,11H,9-10,12-13H2,(H,22,26). The van der Waals surface area contributed by atoms with Crippen LogP contribution >= 0.6 is 0 Å². The third kappa shape index (κ3) is 3.00. The third-order valence-corrected chi connectivity index (χ3v) is 4.94. The van der Waals surface area contributed by atoms with E-state index < -0.39 is 0 Å². The summed E-state index contributed by atoms with van der Waals surface area (Å²) in [6, 6.07) is 17.4. The number of anilines is 2. The number of para-hydroxylation sites is 1. The highest BCUT2D eigenvalue weighted by Crippen LogP contribution is 2.33. The van der Waals surface area contributed by atoms with Crippen molar-refractivity contribution in [1.29, 1.82) is 0 Å². The Kier molecular flexibility index (Phi) is 4.05. The summed E-state index contributed by atoms with van der Waals surface area (Å²) in [5, 5.41) is 11.2. The van der Waals surface area contributed by atoms with Crippen molar-refractivity contribution in [3.63, 3.8) is 0 Å². The van der Waals surface area contributed by atoms with Crippen molar-refractivity contribution in [3.05, 3.63) is 71.4 Å². The Morgan fingerprint density at radius 1 is 1.04 bits per heavy atom. The molecule has 0 atom stereocenters. The van der Waals surface area contributed by atoms with Crippen LogP contribution in [0.2, 0.25) is 0 Å². The van der Waals surface area contributed by atoms with Crippen molar-refractivity contribution in [2.45, 2.75) is 13.0 Å². The van der Waals surface area contributed by atoms with Crippen molar-refractivity contribution in [1.82, 2.24) is 15.5 Å². The van der Waals surface area contributed by atoms with Gasteiger partial charge in [-0.2, -0.15) is 0 Å². The molecule has 3 aromatic rings. The summed E-state index contributed by atoms with van der Waals surface area (Å²) in [5.41, 5.74) is 3.67. The van der Waals surface area contributed by atoms with Crippen molar-refractivity contribution < 1.29 is 14.3 Å². The number of nitrogens with zero attached hydrogens (tertiary/aromatic N) is 3. The second kappa shape index (κ2) is 6.84. The van der Waals surface area contributed by atoms with Gasteiger partial charge in [-0.05, 0) is 47.9 Å². The predicted molar refractivity (Wildman–Crippen MR) is 103 cm³/mol. The summed E-state index contributed by atoms with van der Waals surface area (Å²) < 4.78 is 10.6. The SMILES string of the molecule is O=C(NCc1ccc2c(c1)OCO2)c1ccc(N2CCc3ccccc32)nn1. The molecule has 140 valence electrons. The zero-order valence-corrected chi connectivity index (χ0v) is 15.1. The molecule has 1 amide bonds. The number of carbonyl (C=O) groups excluding carboxylic acids is 1. The summed E-state index contributed by atoms with van der Waals surface area (Å²) in [4.78, 5) is 14.5. The van der Waals surface area contributed by atoms with E-state index in [4.69, 9.17) is 9.47 Å². The molecule has 2 aliphatic rings. The van der Waals surface area contributed by atoms with Crippen molar-refractivity contribution >= 4 is 17.4 Å². The number of fused-ring (bicyclic) bond motifs is 2. The molecule has 0 saturated carbocycles. The normalized spacial score (nSPS) is 14.1. The highest BCUT2D eigenvalue weighted by molar-refractivity contribution is 5.92. The lowest BCUT2D eigenvalue weighted by atomic mass is 10.2. The van der Waals surface area contributed by atoms with Crippen LogP contribution < -0.4 is 19.7 Å². The molecule has 3 heterocycles. The maximum atomic E-state index is 12.4. The lowest BCUT2D eigenvalue weighted by Crippen LogP contribution is -2.24. The molecule has 1 N–H and O–H groups in total. The molecule has 0 aliphatic carbocycles. The molecule has 0 unspecified atom stereocenters. The second-order valence-electron chi connectivity index (χ2n) is 6.68. The Balaban J connectivity index is 1.25. The monoisotopic (exact) mass is 374 g/mol. The number of benzene rings is 2. The van der Waals surface area contributed by atoms with Crippen LogP contribution in [0.1, 0.15) is 21.6 Å². The van der Waals surface area contributed by atoms with E-state index in [0.29, 0.717) is 12.3 Å². The summed E-state index contributed by atoms with van der Waals surface area (Å²) >= 11 is 0. The van der Waals surface area contributed by atoms with Crippen molar-refractivity contribution in [3.8, 4) is 11.5 Å². The van der Waals surface area contributed by atoms with Crippen LogP contribution in [-0.4, -0.2) is 29.4 Å². The minimum atomic E-state index is -0.265. The number of hydrogen-bond donors (Lipinski definition) is 1. The zero-order valence-electron chi connectivity index (χ0n) is 15.1. The largest absolute Gasteiger partial charge is 0.454 e. The lowest BCUT2D eigenvalue weighted by molar-refractivity contribution is 0.0945. The Morgan fingerprint density at radius 3 is 2.82 bits per heavy atom. The smallest absolute Gasteiger partial charge is 0.272 e. The van der Waals surface area contributed by atoms with Gasteiger partial charge in [0.15, 0.2) is 23.0 Å². The van der Waals surface area contributed by atoms with Gasteiger partial charge < -0.3 is 19.7 Å². The van der Waals surface area contributed by atoms with E-state index >= 15 is 0 Å². The van der Waals surface area contributed by atoms with Gasteiger partial charge in [-0.25, -0.2) is 0 Å². The molecular formula is C21H18N4O3. The molecule has 5 rings (SSSR count). The van der Waals surface area contributed by atoms with Gasteiger partial charge in [0.05, 0.1) is 0 Å². The van der Waals surface area contributed by atoms with E-state index in [1.54, 1.807) is 6.07 Å². The molecule has 0 radical (unpaired) electrons. The Labute approximate surface area is 161 Å². The number of rotatable bonds is 4. The molecule has 7 nitrogen and oxygen atoms in total. The molecule has 2 aromatic carbocycles. The van der Waals surface area contributed by atoms with Gasteiger partial charge in [-0.15, -0.1) is 10.2 Å². The topological polar surface area (TPSA) is 76.6 Å². The molecule has 1 aromatic heterocycles. The number of carbonyl (C=O) groups is 1. The molecule has 2 aliphatic heterocycles. The highest BCUT2D eigenvalue weighted by Gasteiger charge is 2.21. The molecular weight excluding hydrogens is 356 g/mol. The van der Waals surface area contributed by atoms with Crippen LogP contribution in [0, 0.1) is 0 Å². The van der Waals surface area contributed by atoms with E-state index in [1.165, 1.54) is 5.56 Å². The lowest BCUT2D eigenvalue weighted by Gasteiger charge is -2.17. The average Bonchev–Trinajstić information content (AvgIpc) is 3.38. The maximum Gasteiger partial charge on any atom is 0.272 e. The fraction of sp³-hybridized carbons (Fsp3) is 0.190. The minimum Gasteiger partial charge on any atom is -0.454 e. The first-order valence-corrected chi connectivity index (χ1v) is 9.14. The molecule has 0 saturated heterocycles. The van der Waals surface area contributed by atoms with E-state index in [0.717, 1.165) is 35.8 Å². The van der Waals surface area contributed by atoms with Crippen molar-refractivity contribution in [2.75, 3.05) is 18.2 Å². The van der Waals surface area contributed by atoms with Gasteiger partial charge in [-0.1, -0.05) is 24.3 Å². The zero-order chi connectivity index (χ0) is 18.9. The minimum absolute atomic E-state index is 0.231. The Bertz CT molecular complexity index is 1040. The van der Waals surface area contributed by atoms with Gasteiger partial charge >= 0.3 is 0 Å². The average molecular weight is 374 g/mol. The highest BCUT2D eigenvalue weighted by atomic mass is 16.7. The fourth-order valence-electron chi connectivity index (χ4n) is 3.49. The predicted octanol–water partition coefficient (Wildman–Crippen LogP) is 2.83. The van der Waals surface area contributed by atoms with Crippen LogP contribution in [0.3, 0.4) is 0 Å². The Morgan fingerprint density at radius 2 is 1.93 bits per heavy atom. The molecule has 7 heteroatoms. The second-order valence-corrected chi connectivity index (χ2v) is 6.68. The number of nitrogens with one attached hydrogen (secondary N) is 1. The third-order valence-electron chi connectivity index (χ3n) is 4.94. The number of amides is 1. The van der Waals surface area contributed by atoms with E-state index in [9.17, 15) is 4.79 Å². The van der Waals surface area contributed by atoms with Crippen LogP contribution in [0.5, 0.6) is 11.5 Å². The van der Waals surface area contributed by atoms with E-state index in [2.05, 4.69) is 32.5 Å². The summed E-state index contributed by atoms with van der Waals surface area (Å²) in [7, 11) is 0. The van der Waals surface area contributed by atoms with Crippen LogP contribution in [0.15, 0.2) is 54.6 Å². The first-order chi connectivity index (χ1) is 13.8. The quantitative estimate of drug-likeness (QED) is 0.757. The van der Waals surface area contributed by atoms with Gasteiger partial charge in [0, 0.05) is 18.8 Å². The van der Waals surface area contributed by atoms with Crippen molar-refractivity contribution in [2.24, 2.45) is 0 Å². The van der Waals surface area contributed by atoms with Gasteiger partial charge in [0.1, 0.15) is 0 Å². The van der Waals surface area contributed by atoms with E-state index in [-0.39, 0.29) is 18.4 Å². The van der Waals surface area contributed by atoms with Gasteiger partial charge in [-0.3, -0.25) is 4.79 Å².